The van der Waals surface area contributed by atoms with Gasteiger partial charge in [-0.15, -0.1) is 0 Å². The van der Waals surface area contributed by atoms with E-state index in [4.69, 9.17) is 11.5 Å². The Labute approximate surface area is 118 Å². The van der Waals surface area contributed by atoms with Crippen molar-refractivity contribution in [1.82, 2.24) is 0 Å². The van der Waals surface area contributed by atoms with Crippen LogP contribution in [0.2, 0.25) is 0 Å². The van der Waals surface area contributed by atoms with Crippen LogP contribution in [0.25, 0.3) is 0 Å². The number of amides is 2. The summed E-state index contributed by atoms with van der Waals surface area (Å²) < 4.78 is 0. The first-order valence-corrected chi connectivity index (χ1v) is 6.31. The highest BCUT2D eigenvalue weighted by atomic mass is 16.2. The molecule has 6 N–H and O–H groups in total. The fraction of sp³-hybridized carbons (Fsp3) is 0.429. The van der Waals surface area contributed by atoms with Crippen molar-refractivity contribution in [3.8, 4) is 0 Å². The summed E-state index contributed by atoms with van der Waals surface area (Å²) in [4.78, 5) is 23.4. The molecule has 0 aliphatic heterocycles. The predicted molar refractivity (Wildman–Crippen MR) is 80.2 cm³/mol. The minimum Gasteiger partial charge on any atom is -0.325 e. The Bertz CT molecular complexity index is 448. The lowest BCUT2D eigenvalue weighted by atomic mass is 10.1. The van der Waals surface area contributed by atoms with Crippen LogP contribution >= 0.6 is 0 Å². The number of nitrogens with two attached hydrogens (primary N) is 2. The molecule has 1 aromatic rings. The number of rotatable bonds is 4. The van der Waals surface area contributed by atoms with Crippen LogP contribution in [-0.4, -0.2) is 22.9 Å². The van der Waals surface area contributed by atoms with Crippen LogP contribution in [0.4, 0.5) is 11.4 Å². The minimum atomic E-state index is -0.948. The van der Waals surface area contributed by atoms with E-state index >= 15 is 0 Å². The summed E-state index contributed by atoms with van der Waals surface area (Å²) in [6, 6.07) is 6.73. The Morgan fingerprint density at radius 1 is 0.800 bits per heavy atom. The number of benzene rings is 1. The highest BCUT2D eigenvalue weighted by Gasteiger charge is 2.23. The van der Waals surface area contributed by atoms with Crippen LogP contribution < -0.4 is 22.1 Å². The standard InChI is InChI=1S/C14H22N4O2/c1-13(2,15)11(19)17-9-5-7-10(8-6-9)18-12(20)14(3,4)16/h5-8H,15-16H2,1-4H3,(H,17,19)(H,18,20). The minimum absolute atomic E-state index is 0.280. The Hall–Kier alpha value is -1.92. The molecule has 2 amide bonds. The lowest BCUT2D eigenvalue weighted by molar-refractivity contribution is -0.120. The van der Waals surface area contributed by atoms with Crippen LogP contribution in [0.5, 0.6) is 0 Å². The zero-order valence-corrected chi connectivity index (χ0v) is 12.3. The molecule has 0 aliphatic carbocycles. The van der Waals surface area contributed by atoms with E-state index in [-0.39, 0.29) is 11.8 Å². The first-order chi connectivity index (χ1) is 9.00. The van der Waals surface area contributed by atoms with E-state index in [1.165, 1.54) is 0 Å². The zero-order chi connectivity index (χ0) is 15.6. The van der Waals surface area contributed by atoms with Crippen molar-refractivity contribution in [2.24, 2.45) is 11.5 Å². The fourth-order valence-electron chi connectivity index (χ4n) is 1.22. The maximum Gasteiger partial charge on any atom is 0.243 e. The molecule has 0 radical (unpaired) electrons. The van der Waals surface area contributed by atoms with E-state index in [0.717, 1.165) is 0 Å². The van der Waals surface area contributed by atoms with Crippen LogP contribution in [0.15, 0.2) is 24.3 Å². The van der Waals surface area contributed by atoms with Crippen molar-refractivity contribution in [2.45, 2.75) is 38.8 Å². The molecule has 0 saturated carbocycles. The van der Waals surface area contributed by atoms with Gasteiger partial charge in [-0.25, -0.2) is 0 Å². The molecular formula is C14H22N4O2. The van der Waals surface area contributed by atoms with Gasteiger partial charge in [0, 0.05) is 11.4 Å². The molecule has 0 fully saturated rings. The zero-order valence-electron chi connectivity index (χ0n) is 12.3. The first kappa shape index (κ1) is 16.1. The molecule has 110 valence electrons. The molecule has 6 heteroatoms. The normalized spacial score (nSPS) is 11.9. The fourth-order valence-corrected chi connectivity index (χ4v) is 1.22. The van der Waals surface area contributed by atoms with E-state index in [2.05, 4.69) is 10.6 Å². The molecule has 0 saturated heterocycles. The highest BCUT2D eigenvalue weighted by Crippen LogP contribution is 2.15. The van der Waals surface area contributed by atoms with Gasteiger partial charge in [-0.3, -0.25) is 9.59 Å². The maximum atomic E-state index is 11.7. The van der Waals surface area contributed by atoms with Gasteiger partial charge in [0.25, 0.3) is 0 Å². The average Bonchev–Trinajstić information content (AvgIpc) is 2.29. The molecule has 0 spiro atoms. The smallest absolute Gasteiger partial charge is 0.243 e. The number of hydrogen-bond acceptors (Lipinski definition) is 4. The van der Waals surface area contributed by atoms with Gasteiger partial charge >= 0.3 is 0 Å². The summed E-state index contributed by atoms with van der Waals surface area (Å²) >= 11 is 0. The third kappa shape index (κ3) is 4.64. The van der Waals surface area contributed by atoms with Gasteiger partial charge in [-0.1, -0.05) is 0 Å². The summed E-state index contributed by atoms with van der Waals surface area (Å²) in [7, 11) is 0. The Kier molecular flexibility index (Phi) is 4.52. The van der Waals surface area contributed by atoms with Crippen LogP contribution in [-0.2, 0) is 9.59 Å². The second-order valence-electron chi connectivity index (χ2n) is 5.93. The number of hydrogen-bond donors (Lipinski definition) is 4. The Morgan fingerprint density at radius 2 is 1.05 bits per heavy atom. The average molecular weight is 278 g/mol. The van der Waals surface area contributed by atoms with E-state index in [9.17, 15) is 9.59 Å². The van der Waals surface area contributed by atoms with Crippen molar-refractivity contribution in [1.29, 1.82) is 0 Å². The van der Waals surface area contributed by atoms with Gasteiger partial charge in [0.1, 0.15) is 0 Å². The number of carbonyl (C=O) groups is 2. The molecule has 0 aliphatic rings. The third-order valence-electron chi connectivity index (χ3n) is 2.57. The summed E-state index contributed by atoms with van der Waals surface area (Å²) in [6.45, 7) is 6.50. The molecule has 0 atom stereocenters. The third-order valence-corrected chi connectivity index (χ3v) is 2.57. The summed E-state index contributed by atoms with van der Waals surface area (Å²) in [6.07, 6.45) is 0. The van der Waals surface area contributed by atoms with Gasteiger partial charge in [-0.2, -0.15) is 0 Å². The van der Waals surface area contributed by atoms with Crippen molar-refractivity contribution in [3.63, 3.8) is 0 Å². The second-order valence-corrected chi connectivity index (χ2v) is 5.93. The molecule has 20 heavy (non-hydrogen) atoms. The van der Waals surface area contributed by atoms with E-state index in [1.807, 2.05) is 0 Å². The van der Waals surface area contributed by atoms with Gasteiger partial charge in [0.2, 0.25) is 11.8 Å². The molecular weight excluding hydrogens is 256 g/mol. The van der Waals surface area contributed by atoms with Gasteiger partial charge < -0.3 is 22.1 Å². The van der Waals surface area contributed by atoms with E-state index < -0.39 is 11.1 Å². The van der Waals surface area contributed by atoms with Gasteiger partial charge in [-0.05, 0) is 52.0 Å². The first-order valence-electron chi connectivity index (χ1n) is 6.31. The molecule has 0 bridgehead atoms. The van der Waals surface area contributed by atoms with Crippen molar-refractivity contribution in [3.05, 3.63) is 24.3 Å². The van der Waals surface area contributed by atoms with Crippen molar-refractivity contribution in [2.75, 3.05) is 10.6 Å². The Balaban J connectivity index is 2.71. The largest absolute Gasteiger partial charge is 0.325 e. The van der Waals surface area contributed by atoms with Crippen LogP contribution in [0.3, 0.4) is 0 Å². The lowest BCUT2D eigenvalue weighted by Crippen LogP contribution is -2.45. The molecule has 0 heterocycles. The number of nitrogens with one attached hydrogen (secondary N) is 2. The molecule has 1 aromatic carbocycles. The summed E-state index contributed by atoms with van der Waals surface area (Å²) in [5, 5.41) is 5.38. The predicted octanol–water partition coefficient (Wildman–Crippen LogP) is 1.04. The number of anilines is 2. The maximum absolute atomic E-state index is 11.7. The molecule has 6 nitrogen and oxygen atoms in total. The molecule has 1 rings (SSSR count). The van der Waals surface area contributed by atoms with E-state index in [0.29, 0.717) is 11.4 Å². The topological polar surface area (TPSA) is 110 Å². The van der Waals surface area contributed by atoms with Crippen molar-refractivity contribution >= 4 is 23.2 Å². The second kappa shape index (κ2) is 5.60. The lowest BCUT2D eigenvalue weighted by Gasteiger charge is -2.19. The van der Waals surface area contributed by atoms with E-state index in [1.54, 1.807) is 52.0 Å². The monoisotopic (exact) mass is 278 g/mol. The SMILES string of the molecule is CC(C)(N)C(=O)Nc1ccc(NC(=O)C(C)(C)N)cc1. The highest BCUT2D eigenvalue weighted by molar-refractivity contribution is 5.99. The van der Waals surface area contributed by atoms with Crippen LogP contribution in [0, 0.1) is 0 Å². The van der Waals surface area contributed by atoms with Crippen LogP contribution in [0.1, 0.15) is 27.7 Å². The summed E-state index contributed by atoms with van der Waals surface area (Å²) in [5.41, 5.74) is 10.7. The van der Waals surface area contributed by atoms with Crippen molar-refractivity contribution < 1.29 is 9.59 Å². The number of carbonyl (C=O) groups excluding carboxylic acids is 2. The van der Waals surface area contributed by atoms with Gasteiger partial charge in [0.05, 0.1) is 11.1 Å². The van der Waals surface area contributed by atoms with Gasteiger partial charge in [0.15, 0.2) is 0 Å². The summed E-state index contributed by atoms with van der Waals surface area (Å²) in [5.74, 6) is -0.560. The Morgan fingerprint density at radius 3 is 1.25 bits per heavy atom. The quantitative estimate of drug-likeness (QED) is 0.659. The molecule has 0 aromatic heterocycles. The molecule has 0 unspecified atom stereocenters.